The lowest BCUT2D eigenvalue weighted by Gasteiger charge is -2.13. The van der Waals surface area contributed by atoms with Crippen molar-refractivity contribution in [3.05, 3.63) is 188 Å². The Bertz CT molecular complexity index is 3170. The van der Waals surface area contributed by atoms with Crippen molar-refractivity contribution in [1.29, 1.82) is 0 Å². The lowest BCUT2D eigenvalue weighted by Crippen LogP contribution is -2.00. The highest BCUT2D eigenvalue weighted by atomic mass is 16.3. The van der Waals surface area contributed by atoms with Gasteiger partial charge in [0.15, 0.2) is 17.5 Å². The lowest BCUT2D eigenvalue weighted by atomic mass is 9.91. The molecular formula is C51H31N3O. The molecule has 9 aromatic carbocycles. The van der Waals surface area contributed by atoms with Crippen LogP contribution in [-0.4, -0.2) is 15.0 Å². The summed E-state index contributed by atoms with van der Waals surface area (Å²) in [6, 6.07) is 65.9. The molecule has 0 fully saturated rings. The molecule has 0 amide bonds. The zero-order chi connectivity index (χ0) is 36.3. The number of nitrogens with zero attached hydrogens (tertiary/aromatic N) is 3. The topological polar surface area (TPSA) is 51.8 Å². The van der Waals surface area contributed by atoms with Gasteiger partial charge >= 0.3 is 0 Å². The fourth-order valence-electron chi connectivity index (χ4n) is 8.10. The van der Waals surface area contributed by atoms with E-state index in [0.717, 1.165) is 55.3 Å². The standard InChI is InChI=1S/C51H31N3O/c1-3-13-32(14-4-1)49-52-50(33-15-5-2-6-16-33)54-51(53-49)37-26-28-46-45(31-37)48-38(23-12-24-47(48)55-46)36-18-11-17-34(29-36)35-25-27-43-41-21-8-7-19-39(41)40-20-9-10-22-42(40)44(43)30-35/h1-31H. The number of furan rings is 1. The Morgan fingerprint density at radius 3 is 1.40 bits per heavy atom. The molecule has 0 radical (unpaired) electrons. The molecule has 0 unspecified atom stereocenters. The second kappa shape index (κ2) is 12.6. The smallest absolute Gasteiger partial charge is 0.164 e. The molecule has 0 aliphatic rings. The van der Waals surface area contributed by atoms with Crippen LogP contribution in [0.3, 0.4) is 0 Å². The van der Waals surface area contributed by atoms with Crippen LogP contribution in [0.2, 0.25) is 0 Å². The summed E-state index contributed by atoms with van der Waals surface area (Å²) in [6.07, 6.45) is 0. The zero-order valence-electron chi connectivity index (χ0n) is 29.6. The number of fused-ring (bicyclic) bond motifs is 9. The average Bonchev–Trinajstić information content (AvgIpc) is 3.65. The van der Waals surface area contributed by atoms with Gasteiger partial charge in [-0.25, -0.2) is 15.0 Å². The monoisotopic (exact) mass is 701 g/mol. The summed E-state index contributed by atoms with van der Waals surface area (Å²) in [4.78, 5) is 14.9. The number of aromatic nitrogens is 3. The van der Waals surface area contributed by atoms with Crippen LogP contribution < -0.4 is 0 Å². The largest absolute Gasteiger partial charge is 0.456 e. The second-order valence-corrected chi connectivity index (χ2v) is 14.0. The quantitative estimate of drug-likeness (QED) is 0.168. The van der Waals surface area contributed by atoms with Crippen LogP contribution in [0.1, 0.15) is 0 Å². The summed E-state index contributed by atoms with van der Waals surface area (Å²) >= 11 is 0. The molecule has 55 heavy (non-hydrogen) atoms. The van der Waals surface area contributed by atoms with Crippen LogP contribution in [0.15, 0.2) is 192 Å². The van der Waals surface area contributed by atoms with E-state index in [-0.39, 0.29) is 0 Å². The third-order valence-electron chi connectivity index (χ3n) is 10.7. The van der Waals surface area contributed by atoms with Gasteiger partial charge in [-0.1, -0.05) is 152 Å². The zero-order valence-corrected chi connectivity index (χ0v) is 29.6. The number of benzene rings is 9. The van der Waals surface area contributed by atoms with Gasteiger partial charge in [0.25, 0.3) is 0 Å². The molecule has 4 nitrogen and oxygen atoms in total. The predicted octanol–water partition coefficient (Wildman–Crippen LogP) is 13.6. The van der Waals surface area contributed by atoms with Crippen molar-refractivity contribution >= 4 is 54.3 Å². The maximum Gasteiger partial charge on any atom is 0.164 e. The van der Waals surface area contributed by atoms with E-state index < -0.39 is 0 Å². The Morgan fingerprint density at radius 1 is 0.273 bits per heavy atom. The van der Waals surface area contributed by atoms with Crippen LogP contribution >= 0.6 is 0 Å². The molecule has 0 atom stereocenters. The Morgan fingerprint density at radius 2 is 0.745 bits per heavy atom. The van der Waals surface area contributed by atoms with E-state index in [9.17, 15) is 0 Å². The van der Waals surface area contributed by atoms with E-state index >= 15 is 0 Å². The maximum absolute atomic E-state index is 6.48. The van der Waals surface area contributed by atoms with Gasteiger partial charge in [-0.3, -0.25) is 0 Å². The van der Waals surface area contributed by atoms with E-state index in [0.29, 0.717) is 17.5 Å². The summed E-state index contributed by atoms with van der Waals surface area (Å²) in [6.45, 7) is 0. The minimum atomic E-state index is 0.611. The van der Waals surface area contributed by atoms with Gasteiger partial charge in [-0.2, -0.15) is 0 Å². The molecule has 0 aliphatic heterocycles. The summed E-state index contributed by atoms with van der Waals surface area (Å²) in [7, 11) is 0. The van der Waals surface area contributed by atoms with Gasteiger partial charge < -0.3 is 4.42 Å². The van der Waals surface area contributed by atoms with Crippen molar-refractivity contribution in [2.24, 2.45) is 0 Å². The van der Waals surface area contributed by atoms with Crippen LogP contribution in [0.25, 0.3) is 111 Å². The Labute approximate surface area is 317 Å². The minimum absolute atomic E-state index is 0.611. The van der Waals surface area contributed by atoms with Crippen molar-refractivity contribution in [2.45, 2.75) is 0 Å². The van der Waals surface area contributed by atoms with Crippen molar-refractivity contribution in [3.63, 3.8) is 0 Å². The molecule has 0 spiro atoms. The molecule has 11 rings (SSSR count). The molecule has 11 aromatic rings. The predicted molar refractivity (Wildman–Crippen MR) is 227 cm³/mol. The third kappa shape index (κ3) is 5.26. The van der Waals surface area contributed by atoms with Gasteiger partial charge in [0.05, 0.1) is 0 Å². The molecule has 2 heterocycles. The SMILES string of the molecule is c1ccc(-c2nc(-c3ccccc3)nc(-c3ccc4oc5cccc(-c6cccc(-c7ccc8c9ccccc9c9ccccc9c8c7)c6)c5c4c3)n2)cc1. The van der Waals surface area contributed by atoms with Gasteiger partial charge in [0.2, 0.25) is 0 Å². The molecule has 0 N–H and O–H groups in total. The Balaban J connectivity index is 1.05. The van der Waals surface area contributed by atoms with E-state index in [1.165, 1.54) is 37.9 Å². The fraction of sp³-hybridized carbons (Fsp3) is 0. The van der Waals surface area contributed by atoms with Crippen LogP contribution in [0, 0.1) is 0 Å². The van der Waals surface area contributed by atoms with Gasteiger partial charge in [0.1, 0.15) is 11.2 Å². The lowest BCUT2D eigenvalue weighted by molar-refractivity contribution is 0.669. The number of hydrogen-bond donors (Lipinski definition) is 0. The van der Waals surface area contributed by atoms with Crippen molar-refractivity contribution in [2.75, 3.05) is 0 Å². The van der Waals surface area contributed by atoms with Gasteiger partial charge in [0, 0.05) is 27.5 Å². The van der Waals surface area contributed by atoms with Crippen molar-refractivity contribution in [1.82, 2.24) is 15.0 Å². The molecule has 0 saturated carbocycles. The first-order chi connectivity index (χ1) is 27.2. The normalized spacial score (nSPS) is 11.6. The first-order valence-electron chi connectivity index (χ1n) is 18.5. The summed E-state index contributed by atoms with van der Waals surface area (Å²) < 4.78 is 6.48. The summed E-state index contributed by atoms with van der Waals surface area (Å²) in [5, 5.41) is 9.71. The molecule has 0 bridgehead atoms. The minimum Gasteiger partial charge on any atom is -0.456 e. The van der Waals surface area contributed by atoms with Gasteiger partial charge in [-0.15, -0.1) is 0 Å². The molecule has 0 aliphatic carbocycles. The number of hydrogen-bond acceptors (Lipinski definition) is 4. The van der Waals surface area contributed by atoms with E-state index in [1.54, 1.807) is 0 Å². The number of rotatable bonds is 5. The first-order valence-corrected chi connectivity index (χ1v) is 18.5. The molecular weight excluding hydrogens is 671 g/mol. The first kappa shape index (κ1) is 31.1. The molecule has 256 valence electrons. The van der Waals surface area contributed by atoms with Crippen molar-refractivity contribution < 1.29 is 4.42 Å². The summed E-state index contributed by atoms with van der Waals surface area (Å²) in [5.74, 6) is 1.88. The highest BCUT2D eigenvalue weighted by Crippen LogP contribution is 2.41. The second-order valence-electron chi connectivity index (χ2n) is 14.0. The Kier molecular flexibility index (Phi) is 7.14. The van der Waals surface area contributed by atoms with E-state index in [2.05, 4.69) is 109 Å². The highest BCUT2D eigenvalue weighted by molar-refractivity contribution is 6.25. The highest BCUT2D eigenvalue weighted by Gasteiger charge is 2.17. The molecule has 4 heteroatoms. The summed E-state index contributed by atoms with van der Waals surface area (Å²) in [5.41, 5.74) is 9.00. The van der Waals surface area contributed by atoms with E-state index in [4.69, 9.17) is 19.4 Å². The van der Waals surface area contributed by atoms with Gasteiger partial charge in [-0.05, 0) is 91.0 Å². The van der Waals surface area contributed by atoms with Crippen LogP contribution in [-0.2, 0) is 0 Å². The van der Waals surface area contributed by atoms with Crippen molar-refractivity contribution in [3.8, 4) is 56.4 Å². The van der Waals surface area contributed by atoms with E-state index in [1.807, 2.05) is 78.9 Å². The van der Waals surface area contributed by atoms with Crippen LogP contribution in [0.5, 0.6) is 0 Å². The maximum atomic E-state index is 6.48. The molecule has 2 aromatic heterocycles. The average molecular weight is 702 g/mol. The fourth-order valence-corrected chi connectivity index (χ4v) is 8.10. The molecule has 0 saturated heterocycles. The Hall–Kier alpha value is -7.43. The van der Waals surface area contributed by atoms with Crippen LogP contribution in [0.4, 0.5) is 0 Å². The third-order valence-corrected chi connectivity index (χ3v) is 10.7.